The van der Waals surface area contributed by atoms with E-state index in [4.69, 9.17) is 0 Å². The van der Waals surface area contributed by atoms with Gasteiger partial charge in [0.15, 0.2) is 5.78 Å². The van der Waals surface area contributed by atoms with Crippen molar-refractivity contribution in [2.75, 3.05) is 0 Å². The average molecular weight is 350 g/mol. The number of fused-ring (bicyclic) bond motifs is 5. The molecule has 0 aromatic rings. The number of halogens is 1. The smallest absolute Gasteiger partial charge is 0.158 e. The molecule has 0 amide bonds. The molecule has 0 radical (unpaired) electrons. The van der Waals surface area contributed by atoms with Crippen LogP contribution in [0.25, 0.3) is 0 Å². The summed E-state index contributed by atoms with van der Waals surface area (Å²) in [6.45, 7) is 7.68. The highest BCUT2D eigenvalue weighted by atomic mass is 19.1. The van der Waals surface area contributed by atoms with Crippen molar-refractivity contribution in [2.24, 2.45) is 28.6 Å². The fourth-order valence-electron chi connectivity index (χ4n) is 7.11. The van der Waals surface area contributed by atoms with Gasteiger partial charge in [0.1, 0.15) is 5.67 Å². The van der Waals surface area contributed by atoms with Gasteiger partial charge in [-0.15, -0.1) is 0 Å². The molecule has 0 saturated heterocycles. The Bertz CT molecular complexity index is 656. The SMILES string of the molecule is C[C@@H]1C[C@@]2(C)C(=CC1=O)CC[C@H]1[C@@H]3CC[C@@](C)(O)[C@@]3(C)C[C@H](O)[C@@]12F. The van der Waals surface area contributed by atoms with Crippen molar-refractivity contribution in [3.63, 3.8) is 0 Å². The van der Waals surface area contributed by atoms with E-state index in [1.54, 1.807) is 6.08 Å². The summed E-state index contributed by atoms with van der Waals surface area (Å²) in [7, 11) is 0. The molecular weight excluding hydrogens is 319 g/mol. The van der Waals surface area contributed by atoms with Crippen LogP contribution in [-0.2, 0) is 4.79 Å². The Hall–Kier alpha value is -0.740. The third-order valence-electron chi connectivity index (χ3n) is 8.91. The van der Waals surface area contributed by atoms with Gasteiger partial charge in [-0.1, -0.05) is 26.3 Å². The quantitative estimate of drug-likeness (QED) is 0.702. The minimum absolute atomic E-state index is 0.0854. The molecule has 0 aromatic carbocycles. The topological polar surface area (TPSA) is 57.5 Å². The Balaban J connectivity index is 1.83. The van der Waals surface area contributed by atoms with Crippen LogP contribution >= 0.6 is 0 Å². The van der Waals surface area contributed by atoms with E-state index in [9.17, 15) is 15.0 Å². The van der Waals surface area contributed by atoms with Gasteiger partial charge in [0, 0.05) is 22.7 Å². The molecule has 0 aliphatic heterocycles. The summed E-state index contributed by atoms with van der Waals surface area (Å²) in [5.74, 6) is -0.277. The van der Waals surface area contributed by atoms with Gasteiger partial charge in [0.25, 0.3) is 0 Å². The third kappa shape index (κ3) is 1.91. The number of alkyl halides is 1. The zero-order valence-corrected chi connectivity index (χ0v) is 15.8. The second-order valence-corrected chi connectivity index (χ2v) is 9.98. The fraction of sp³-hybridized carbons (Fsp3) is 0.857. The number of hydrogen-bond acceptors (Lipinski definition) is 3. The molecule has 0 unspecified atom stereocenters. The molecule has 4 aliphatic carbocycles. The molecule has 4 rings (SSSR count). The van der Waals surface area contributed by atoms with Gasteiger partial charge < -0.3 is 10.2 Å². The summed E-state index contributed by atoms with van der Waals surface area (Å²) in [4.78, 5) is 12.2. The van der Waals surface area contributed by atoms with Crippen molar-refractivity contribution in [3.8, 4) is 0 Å². The molecule has 8 atom stereocenters. The van der Waals surface area contributed by atoms with Crippen molar-refractivity contribution in [3.05, 3.63) is 11.6 Å². The van der Waals surface area contributed by atoms with E-state index in [0.717, 1.165) is 18.4 Å². The first kappa shape index (κ1) is 17.7. The van der Waals surface area contributed by atoms with E-state index >= 15 is 4.39 Å². The molecule has 4 aliphatic rings. The molecule has 3 saturated carbocycles. The Labute approximate surface area is 149 Å². The Kier molecular flexibility index (Phi) is 3.50. The predicted octanol–water partition coefficient (Wildman–Crippen LogP) is 3.58. The Morgan fingerprint density at radius 2 is 1.84 bits per heavy atom. The van der Waals surface area contributed by atoms with Gasteiger partial charge in [-0.2, -0.15) is 0 Å². The van der Waals surface area contributed by atoms with Crippen LogP contribution in [0, 0.1) is 28.6 Å². The van der Waals surface area contributed by atoms with Crippen molar-refractivity contribution in [1.29, 1.82) is 0 Å². The average Bonchev–Trinajstić information content (AvgIpc) is 2.74. The Morgan fingerprint density at radius 3 is 2.52 bits per heavy atom. The number of carbonyl (C=O) groups is 1. The first-order valence-electron chi connectivity index (χ1n) is 9.81. The van der Waals surface area contributed by atoms with Gasteiger partial charge in [-0.05, 0) is 57.4 Å². The van der Waals surface area contributed by atoms with Crippen LogP contribution in [0.2, 0.25) is 0 Å². The summed E-state index contributed by atoms with van der Waals surface area (Å²) in [6.07, 6.45) is 4.21. The number of hydrogen-bond donors (Lipinski definition) is 2. The summed E-state index contributed by atoms with van der Waals surface area (Å²) in [5.41, 5.74) is -2.90. The van der Waals surface area contributed by atoms with Crippen molar-refractivity contribution in [1.82, 2.24) is 0 Å². The van der Waals surface area contributed by atoms with Crippen molar-refractivity contribution in [2.45, 2.75) is 83.6 Å². The summed E-state index contributed by atoms with van der Waals surface area (Å²) < 4.78 is 16.8. The minimum atomic E-state index is -1.71. The molecule has 25 heavy (non-hydrogen) atoms. The number of aliphatic hydroxyl groups is 2. The molecule has 0 aromatic heterocycles. The van der Waals surface area contributed by atoms with Gasteiger partial charge >= 0.3 is 0 Å². The predicted molar refractivity (Wildman–Crippen MR) is 93.6 cm³/mol. The lowest BCUT2D eigenvalue weighted by Gasteiger charge is -2.63. The molecule has 140 valence electrons. The third-order valence-corrected chi connectivity index (χ3v) is 8.91. The van der Waals surface area contributed by atoms with Crippen LogP contribution in [0.15, 0.2) is 11.6 Å². The maximum absolute atomic E-state index is 16.8. The van der Waals surface area contributed by atoms with Crippen LogP contribution in [0.1, 0.15) is 66.2 Å². The second kappa shape index (κ2) is 4.95. The van der Waals surface area contributed by atoms with Gasteiger partial charge in [-0.25, -0.2) is 4.39 Å². The summed E-state index contributed by atoms with van der Waals surface area (Å²) in [6, 6.07) is 0. The number of rotatable bonds is 0. The van der Waals surface area contributed by atoms with Crippen LogP contribution in [0.4, 0.5) is 4.39 Å². The van der Waals surface area contributed by atoms with E-state index in [2.05, 4.69) is 0 Å². The van der Waals surface area contributed by atoms with Crippen LogP contribution in [0.3, 0.4) is 0 Å². The number of carbonyl (C=O) groups excluding carboxylic acids is 1. The van der Waals surface area contributed by atoms with Crippen LogP contribution < -0.4 is 0 Å². The minimum Gasteiger partial charge on any atom is -0.390 e. The van der Waals surface area contributed by atoms with Gasteiger partial charge in [0.05, 0.1) is 11.7 Å². The lowest BCUT2D eigenvalue weighted by molar-refractivity contribution is -0.226. The van der Waals surface area contributed by atoms with Crippen LogP contribution in [0.5, 0.6) is 0 Å². The normalized spacial score (nSPS) is 58.2. The van der Waals surface area contributed by atoms with Crippen molar-refractivity contribution < 1.29 is 19.4 Å². The van der Waals surface area contributed by atoms with E-state index in [1.165, 1.54) is 0 Å². The molecule has 0 bridgehead atoms. The lowest BCUT2D eigenvalue weighted by atomic mass is 9.43. The molecular formula is C21H31FO3. The lowest BCUT2D eigenvalue weighted by Crippen LogP contribution is -2.68. The zero-order chi connectivity index (χ0) is 18.4. The van der Waals surface area contributed by atoms with E-state index in [1.807, 2.05) is 27.7 Å². The molecule has 2 N–H and O–H groups in total. The highest BCUT2D eigenvalue weighted by molar-refractivity contribution is 5.93. The highest BCUT2D eigenvalue weighted by Crippen LogP contribution is 2.70. The standard InChI is InChI=1S/C21H31FO3/c1-12-10-18(2)13(9-16(12)23)5-6-15-14-7-8-20(4,25)19(14,3)11-17(24)21(15,18)22/h9,12,14-15,17,24-25H,5-8,10-11H2,1-4H3/t12-,14+,15+,17+,18+,19+,20-,21+/m1/s1. The molecule has 0 heterocycles. The largest absolute Gasteiger partial charge is 0.390 e. The van der Waals surface area contributed by atoms with E-state index < -0.39 is 28.2 Å². The molecule has 3 nitrogen and oxygen atoms in total. The molecule has 0 spiro atoms. The van der Waals surface area contributed by atoms with Gasteiger partial charge in [0.2, 0.25) is 0 Å². The number of allylic oxidation sites excluding steroid dienone is 1. The maximum atomic E-state index is 16.8. The first-order chi connectivity index (χ1) is 11.5. The fourth-order valence-corrected chi connectivity index (χ4v) is 7.11. The molecule has 4 heteroatoms. The van der Waals surface area contributed by atoms with E-state index in [-0.39, 0.29) is 23.5 Å². The zero-order valence-electron chi connectivity index (χ0n) is 15.8. The molecule has 3 fully saturated rings. The van der Waals surface area contributed by atoms with Gasteiger partial charge in [-0.3, -0.25) is 4.79 Å². The number of ketones is 1. The summed E-state index contributed by atoms with van der Waals surface area (Å²) >= 11 is 0. The van der Waals surface area contributed by atoms with Crippen molar-refractivity contribution >= 4 is 5.78 Å². The first-order valence-corrected chi connectivity index (χ1v) is 9.81. The van der Waals surface area contributed by atoms with E-state index in [0.29, 0.717) is 25.7 Å². The maximum Gasteiger partial charge on any atom is 0.158 e. The monoisotopic (exact) mass is 350 g/mol. The van der Waals surface area contributed by atoms with Crippen LogP contribution in [-0.4, -0.2) is 33.4 Å². The highest BCUT2D eigenvalue weighted by Gasteiger charge is 2.72. The Morgan fingerprint density at radius 1 is 1.16 bits per heavy atom. The summed E-state index contributed by atoms with van der Waals surface area (Å²) in [5, 5.41) is 22.0. The number of aliphatic hydroxyl groups excluding tert-OH is 1. The second-order valence-electron chi connectivity index (χ2n) is 9.98.